The molecule has 0 spiro atoms. The molecule has 0 saturated heterocycles. The second kappa shape index (κ2) is 6.86. The Balaban J connectivity index is 2.41. The van der Waals surface area contributed by atoms with Gasteiger partial charge in [-0.2, -0.15) is 5.26 Å². The molecule has 0 radical (unpaired) electrons. The second-order valence-corrected chi connectivity index (χ2v) is 3.76. The number of carbonyl (C=O) groups excluding carboxylic acids is 1. The molecule has 0 bridgehead atoms. The average Bonchev–Trinajstić information content (AvgIpc) is 2.30. The molecule has 0 unspecified atom stereocenters. The molecule has 1 N–H and O–H groups in total. The van der Waals surface area contributed by atoms with Gasteiger partial charge in [0, 0.05) is 18.0 Å². The van der Waals surface area contributed by atoms with Crippen LogP contribution in [0.5, 0.6) is 0 Å². The first-order valence-electron chi connectivity index (χ1n) is 5.12. The molecule has 1 rings (SSSR count). The maximum Gasteiger partial charge on any atom is 0.224 e. The van der Waals surface area contributed by atoms with Crippen LogP contribution >= 0.6 is 11.6 Å². The first-order valence-corrected chi connectivity index (χ1v) is 5.65. The van der Waals surface area contributed by atoms with E-state index in [1.54, 1.807) is 24.3 Å². The van der Waals surface area contributed by atoms with E-state index in [9.17, 15) is 4.79 Å². The van der Waals surface area contributed by atoms with Gasteiger partial charge in [0.1, 0.15) is 0 Å². The minimum absolute atomic E-state index is 0.0187. The van der Waals surface area contributed by atoms with Gasteiger partial charge in [0.15, 0.2) is 0 Å². The molecule has 4 heteroatoms. The Bertz CT molecular complexity index is 381. The van der Waals surface area contributed by atoms with E-state index in [-0.39, 0.29) is 5.91 Å². The second-order valence-electron chi connectivity index (χ2n) is 3.38. The number of nitriles is 1. The molecular formula is C12H13ClN2O. The number of carbonyl (C=O) groups is 1. The number of amides is 1. The summed E-state index contributed by atoms with van der Waals surface area (Å²) < 4.78 is 0. The minimum atomic E-state index is -0.0187. The van der Waals surface area contributed by atoms with E-state index in [0.717, 1.165) is 18.5 Å². The van der Waals surface area contributed by atoms with Crippen LogP contribution in [-0.4, -0.2) is 11.8 Å². The highest BCUT2D eigenvalue weighted by molar-refractivity contribution is 6.17. The molecule has 0 aliphatic heterocycles. The van der Waals surface area contributed by atoms with Gasteiger partial charge in [0.2, 0.25) is 5.91 Å². The van der Waals surface area contributed by atoms with Crippen molar-refractivity contribution in [2.24, 2.45) is 0 Å². The van der Waals surface area contributed by atoms with Crippen molar-refractivity contribution in [3.8, 4) is 6.07 Å². The highest BCUT2D eigenvalue weighted by Crippen LogP contribution is 2.09. The number of alkyl halides is 1. The van der Waals surface area contributed by atoms with Crippen molar-refractivity contribution in [2.45, 2.75) is 19.3 Å². The summed E-state index contributed by atoms with van der Waals surface area (Å²) >= 11 is 5.52. The summed E-state index contributed by atoms with van der Waals surface area (Å²) in [5.74, 6) is 0.569. The van der Waals surface area contributed by atoms with Crippen LogP contribution in [0.15, 0.2) is 24.3 Å². The van der Waals surface area contributed by atoms with Crippen LogP contribution in [0.1, 0.15) is 24.8 Å². The fraction of sp³-hybridized carbons (Fsp3) is 0.333. The first-order chi connectivity index (χ1) is 7.76. The van der Waals surface area contributed by atoms with Crippen molar-refractivity contribution < 1.29 is 4.79 Å². The lowest BCUT2D eigenvalue weighted by Crippen LogP contribution is -2.10. The Morgan fingerprint density at radius 1 is 1.31 bits per heavy atom. The number of rotatable bonds is 5. The summed E-state index contributed by atoms with van der Waals surface area (Å²) in [6.45, 7) is 0. The Hall–Kier alpha value is -1.53. The zero-order chi connectivity index (χ0) is 11.8. The van der Waals surface area contributed by atoms with Crippen molar-refractivity contribution in [1.82, 2.24) is 0 Å². The van der Waals surface area contributed by atoms with Crippen LogP contribution in [0.3, 0.4) is 0 Å². The summed E-state index contributed by atoms with van der Waals surface area (Å²) in [4.78, 5) is 11.4. The number of hydrogen-bond acceptors (Lipinski definition) is 2. The molecule has 1 aromatic carbocycles. The van der Waals surface area contributed by atoms with E-state index in [1.165, 1.54) is 0 Å². The molecule has 0 aromatic heterocycles. The van der Waals surface area contributed by atoms with Crippen molar-refractivity contribution in [2.75, 3.05) is 11.2 Å². The van der Waals surface area contributed by atoms with Gasteiger partial charge in [0.25, 0.3) is 0 Å². The van der Waals surface area contributed by atoms with Crippen LogP contribution < -0.4 is 5.32 Å². The van der Waals surface area contributed by atoms with E-state index < -0.39 is 0 Å². The van der Waals surface area contributed by atoms with E-state index in [2.05, 4.69) is 5.32 Å². The molecule has 0 atom stereocenters. The number of nitrogens with zero attached hydrogens (tertiary/aromatic N) is 1. The molecule has 1 amide bonds. The molecule has 0 fully saturated rings. The summed E-state index contributed by atoms with van der Waals surface area (Å²) in [6.07, 6.45) is 2.13. The van der Waals surface area contributed by atoms with Gasteiger partial charge in [-0.15, -0.1) is 11.6 Å². The first kappa shape index (κ1) is 12.5. The zero-order valence-corrected chi connectivity index (χ0v) is 9.63. The number of unbranched alkanes of at least 4 members (excludes halogenated alkanes) is 1. The Kier molecular flexibility index (Phi) is 5.38. The van der Waals surface area contributed by atoms with Gasteiger partial charge in [-0.25, -0.2) is 0 Å². The smallest absolute Gasteiger partial charge is 0.224 e. The monoisotopic (exact) mass is 236 g/mol. The predicted octanol–water partition coefficient (Wildman–Crippen LogP) is 2.91. The standard InChI is InChI=1S/C12H13ClN2O/c13-8-2-1-3-12(16)15-11-6-4-10(9-14)5-7-11/h4-7H,1-3,8H2,(H,15,16). The zero-order valence-electron chi connectivity index (χ0n) is 8.87. The third kappa shape index (κ3) is 4.33. The predicted molar refractivity (Wildman–Crippen MR) is 64.4 cm³/mol. The number of halogens is 1. The van der Waals surface area contributed by atoms with Crippen LogP contribution in [0, 0.1) is 11.3 Å². The van der Waals surface area contributed by atoms with Gasteiger partial charge >= 0.3 is 0 Å². The summed E-state index contributed by atoms with van der Waals surface area (Å²) in [6, 6.07) is 8.81. The van der Waals surface area contributed by atoms with Crippen LogP contribution in [0.25, 0.3) is 0 Å². The maximum atomic E-state index is 11.4. The lowest BCUT2D eigenvalue weighted by atomic mass is 10.2. The molecule has 16 heavy (non-hydrogen) atoms. The topological polar surface area (TPSA) is 52.9 Å². The van der Waals surface area contributed by atoms with Crippen LogP contribution in [0.2, 0.25) is 0 Å². The summed E-state index contributed by atoms with van der Waals surface area (Å²) in [5, 5.41) is 11.4. The van der Waals surface area contributed by atoms with E-state index >= 15 is 0 Å². The Labute approximate surface area is 100 Å². The van der Waals surface area contributed by atoms with Gasteiger partial charge in [-0.3, -0.25) is 4.79 Å². The summed E-state index contributed by atoms with van der Waals surface area (Å²) in [5.41, 5.74) is 1.30. The molecule has 0 heterocycles. The van der Waals surface area contributed by atoms with Gasteiger partial charge in [-0.05, 0) is 37.1 Å². The van der Waals surface area contributed by atoms with Gasteiger partial charge in [-0.1, -0.05) is 0 Å². The normalized spacial score (nSPS) is 9.50. The molecule has 0 aliphatic rings. The number of hydrogen-bond donors (Lipinski definition) is 1. The van der Waals surface area contributed by atoms with E-state index in [4.69, 9.17) is 16.9 Å². The molecule has 0 saturated carbocycles. The van der Waals surface area contributed by atoms with Crippen molar-refractivity contribution in [3.05, 3.63) is 29.8 Å². The van der Waals surface area contributed by atoms with Crippen LogP contribution in [0.4, 0.5) is 5.69 Å². The highest BCUT2D eigenvalue weighted by Gasteiger charge is 2.01. The van der Waals surface area contributed by atoms with Crippen molar-refractivity contribution in [1.29, 1.82) is 5.26 Å². The van der Waals surface area contributed by atoms with Gasteiger partial charge in [0.05, 0.1) is 11.6 Å². The Morgan fingerprint density at radius 2 is 2.00 bits per heavy atom. The summed E-state index contributed by atoms with van der Waals surface area (Å²) in [7, 11) is 0. The van der Waals surface area contributed by atoms with Crippen molar-refractivity contribution in [3.63, 3.8) is 0 Å². The quantitative estimate of drug-likeness (QED) is 0.631. The average molecular weight is 237 g/mol. The molecular weight excluding hydrogens is 224 g/mol. The maximum absolute atomic E-state index is 11.4. The molecule has 3 nitrogen and oxygen atoms in total. The minimum Gasteiger partial charge on any atom is -0.326 e. The Morgan fingerprint density at radius 3 is 2.56 bits per heavy atom. The SMILES string of the molecule is N#Cc1ccc(NC(=O)CCCCCl)cc1. The third-order valence-corrected chi connectivity index (χ3v) is 2.35. The largest absolute Gasteiger partial charge is 0.326 e. The van der Waals surface area contributed by atoms with Crippen molar-refractivity contribution >= 4 is 23.2 Å². The molecule has 84 valence electrons. The number of benzene rings is 1. The fourth-order valence-corrected chi connectivity index (χ4v) is 1.42. The van der Waals surface area contributed by atoms with Gasteiger partial charge < -0.3 is 5.32 Å². The third-order valence-electron chi connectivity index (χ3n) is 2.09. The van der Waals surface area contributed by atoms with E-state index in [1.807, 2.05) is 6.07 Å². The lowest BCUT2D eigenvalue weighted by Gasteiger charge is -2.04. The molecule has 1 aromatic rings. The fourth-order valence-electron chi connectivity index (χ4n) is 1.23. The van der Waals surface area contributed by atoms with Crippen LogP contribution in [-0.2, 0) is 4.79 Å². The highest BCUT2D eigenvalue weighted by atomic mass is 35.5. The molecule has 0 aliphatic carbocycles. The number of anilines is 1. The lowest BCUT2D eigenvalue weighted by molar-refractivity contribution is -0.116. The number of nitrogens with one attached hydrogen (secondary N) is 1. The van der Waals surface area contributed by atoms with E-state index in [0.29, 0.717) is 17.9 Å².